The molecule has 3 aliphatic heterocycles. The average molecular weight is 469 g/mol. The van der Waals surface area contributed by atoms with Crippen LogP contribution < -0.4 is 4.74 Å². The second kappa shape index (κ2) is 9.29. The fourth-order valence-electron chi connectivity index (χ4n) is 4.87. The number of Topliss-reactive ketones (excluding diaryl/α,β-unsaturated/α-hetero) is 1. The lowest BCUT2D eigenvalue weighted by Crippen LogP contribution is -2.38. The highest BCUT2D eigenvalue weighted by Gasteiger charge is 2.46. The largest absolute Gasteiger partial charge is 0.507 e. The van der Waals surface area contributed by atoms with Gasteiger partial charge in [0.25, 0.3) is 11.7 Å². The predicted octanol–water partition coefficient (Wildman–Crippen LogP) is 3.22. The van der Waals surface area contributed by atoms with Crippen LogP contribution in [0.4, 0.5) is 0 Å². The van der Waals surface area contributed by atoms with E-state index in [0.717, 1.165) is 61.9 Å². The van der Waals surface area contributed by atoms with Crippen molar-refractivity contribution in [3.05, 3.63) is 57.3 Å². The van der Waals surface area contributed by atoms with E-state index >= 15 is 0 Å². The van der Waals surface area contributed by atoms with Crippen molar-refractivity contribution in [3.63, 3.8) is 0 Å². The van der Waals surface area contributed by atoms with Crippen LogP contribution in [0.15, 0.2) is 41.3 Å². The molecule has 8 heteroatoms. The number of ketones is 1. The minimum Gasteiger partial charge on any atom is -0.507 e. The molecule has 2 atom stereocenters. The molecule has 4 heterocycles. The normalized spacial score (nSPS) is 24.8. The highest BCUT2D eigenvalue weighted by atomic mass is 32.1. The third-order valence-electron chi connectivity index (χ3n) is 6.50. The van der Waals surface area contributed by atoms with Crippen LogP contribution in [0.1, 0.15) is 35.4 Å². The van der Waals surface area contributed by atoms with Crippen molar-refractivity contribution in [3.8, 4) is 5.75 Å². The number of hydrogen-bond acceptors (Lipinski definition) is 7. The summed E-state index contributed by atoms with van der Waals surface area (Å²) in [5.41, 5.74) is 1.71. The number of rotatable bonds is 6. The monoisotopic (exact) mass is 468 g/mol. The highest BCUT2D eigenvalue weighted by Crippen LogP contribution is 2.42. The Hall–Kier alpha value is -2.68. The topological polar surface area (TPSA) is 79.3 Å². The smallest absolute Gasteiger partial charge is 0.295 e. The van der Waals surface area contributed by atoms with Gasteiger partial charge in [0.15, 0.2) is 0 Å². The van der Waals surface area contributed by atoms with Gasteiger partial charge in [0.2, 0.25) is 0 Å². The lowest BCUT2D eigenvalue weighted by molar-refractivity contribution is -0.140. The first kappa shape index (κ1) is 22.1. The van der Waals surface area contributed by atoms with Gasteiger partial charge in [-0.3, -0.25) is 14.5 Å². The molecule has 1 N–H and O–H groups in total. The third kappa shape index (κ3) is 4.30. The Morgan fingerprint density at radius 2 is 2.00 bits per heavy atom. The van der Waals surface area contributed by atoms with Gasteiger partial charge in [-0.15, -0.1) is 11.3 Å². The molecule has 2 saturated heterocycles. The number of carbonyl (C=O) groups is 2. The summed E-state index contributed by atoms with van der Waals surface area (Å²) in [6.07, 6.45) is 1.59. The van der Waals surface area contributed by atoms with Crippen molar-refractivity contribution < 1.29 is 24.2 Å². The molecular weight excluding hydrogens is 440 g/mol. The summed E-state index contributed by atoms with van der Waals surface area (Å²) in [6.45, 7) is 6.51. The van der Waals surface area contributed by atoms with E-state index in [4.69, 9.17) is 9.47 Å². The van der Waals surface area contributed by atoms with E-state index in [1.165, 1.54) is 11.3 Å². The molecule has 1 amide bonds. The van der Waals surface area contributed by atoms with E-state index in [1.54, 1.807) is 11.0 Å². The van der Waals surface area contributed by atoms with E-state index in [0.29, 0.717) is 12.1 Å². The van der Waals surface area contributed by atoms with Gasteiger partial charge in [-0.1, -0.05) is 6.07 Å². The van der Waals surface area contributed by atoms with E-state index in [9.17, 15) is 14.7 Å². The van der Waals surface area contributed by atoms with Crippen molar-refractivity contribution >= 4 is 28.8 Å². The first-order valence-corrected chi connectivity index (χ1v) is 12.3. The van der Waals surface area contributed by atoms with Gasteiger partial charge in [0.1, 0.15) is 17.6 Å². The van der Waals surface area contributed by atoms with E-state index in [2.05, 4.69) is 4.90 Å². The van der Waals surface area contributed by atoms with Gasteiger partial charge in [0.05, 0.1) is 24.8 Å². The van der Waals surface area contributed by atoms with Gasteiger partial charge in [-0.05, 0) is 48.6 Å². The van der Waals surface area contributed by atoms with Gasteiger partial charge in [-0.2, -0.15) is 0 Å². The van der Waals surface area contributed by atoms with Crippen molar-refractivity contribution in [2.24, 2.45) is 0 Å². The van der Waals surface area contributed by atoms with Crippen LogP contribution in [0.25, 0.3) is 5.76 Å². The average Bonchev–Trinajstić information content (AvgIpc) is 3.53. The maximum absolute atomic E-state index is 13.1. The maximum Gasteiger partial charge on any atom is 0.295 e. The van der Waals surface area contributed by atoms with Gasteiger partial charge in [-0.25, -0.2) is 0 Å². The first-order chi connectivity index (χ1) is 16.0. The molecule has 0 spiro atoms. The first-order valence-electron chi connectivity index (χ1n) is 11.4. The summed E-state index contributed by atoms with van der Waals surface area (Å²) in [5, 5.41) is 13.2. The van der Waals surface area contributed by atoms with E-state index < -0.39 is 17.7 Å². The molecule has 7 nitrogen and oxygen atoms in total. The van der Waals surface area contributed by atoms with Crippen LogP contribution in [0.5, 0.6) is 5.75 Å². The summed E-state index contributed by atoms with van der Waals surface area (Å²) in [4.78, 5) is 31.0. The Kier molecular flexibility index (Phi) is 6.23. The van der Waals surface area contributed by atoms with Crippen LogP contribution in [0, 0.1) is 0 Å². The van der Waals surface area contributed by atoms with E-state index in [-0.39, 0.29) is 17.4 Å². The SMILES string of the molecule is C[C@H]1Cc2cc(C(O)=C3C(=O)C(=O)N(CCCN4CCOCC4)[C@H]3c3cccs3)ccc2O1. The molecular formula is C25H28N2O5S. The molecule has 33 heavy (non-hydrogen) atoms. The van der Waals surface area contributed by atoms with Gasteiger partial charge in [0, 0.05) is 43.0 Å². The molecule has 1 aromatic carbocycles. The molecule has 174 valence electrons. The fraction of sp³-hybridized carbons (Fsp3) is 0.440. The Balaban J connectivity index is 1.44. The molecule has 0 radical (unpaired) electrons. The van der Waals surface area contributed by atoms with Crippen LogP contribution >= 0.6 is 11.3 Å². The fourth-order valence-corrected chi connectivity index (χ4v) is 5.71. The molecule has 2 aromatic rings. The number of carbonyl (C=O) groups excluding carboxylic acids is 2. The standard InChI is InChI=1S/C25H28N2O5S/c1-16-14-18-15-17(5-6-19(18)32-16)23(28)21-22(20-4-2-13-33-20)27(25(30)24(21)29)8-3-7-26-9-11-31-12-10-26/h2,4-6,13,15-16,22,28H,3,7-12,14H2,1H3/t16-,22-/m0/s1. The molecule has 2 fully saturated rings. The quantitative estimate of drug-likeness (QED) is 0.399. The van der Waals surface area contributed by atoms with Crippen molar-refractivity contribution in [1.29, 1.82) is 0 Å². The maximum atomic E-state index is 13.1. The van der Waals surface area contributed by atoms with Crippen molar-refractivity contribution in [1.82, 2.24) is 9.80 Å². The number of aliphatic hydroxyl groups excluding tert-OH is 1. The number of ether oxygens (including phenoxy) is 2. The second-order valence-corrected chi connectivity index (χ2v) is 9.75. The zero-order valence-electron chi connectivity index (χ0n) is 18.7. The molecule has 3 aliphatic rings. The Labute approximate surface area is 197 Å². The minimum atomic E-state index is -0.623. The summed E-state index contributed by atoms with van der Waals surface area (Å²) in [7, 11) is 0. The number of aliphatic hydroxyl groups is 1. The zero-order valence-corrected chi connectivity index (χ0v) is 19.5. The summed E-state index contributed by atoms with van der Waals surface area (Å²) < 4.78 is 11.2. The van der Waals surface area contributed by atoms with Crippen molar-refractivity contribution in [2.45, 2.75) is 31.9 Å². The lowest BCUT2D eigenvalue weighted by atomic mass is 9.98. The van der Waals surface area contributed by atoms with Gasteiger partial charge < -0.3 is 19.5 Å². The second-order valence-electron chi connectivity index (χ2n) is 8.77. The van der Waals surface area contributed by atoms with E-state index in [1.807, 2.05) is 36.6 Å². The lowest BCUT2D eigenvalue weighted by Gasteiger charge is -2.28. The number of fused-ring (bicyclic) bond motifs is 1. The zero-order chi connectivity index (χ0) is 22.9. The third-order valence-corrected chi connectivity index (χ3v) is 7.42. The molecule has 0 unspecified atom stereocenters. The number of thiophene rings is 1. The van der Waals surface area contributed by atoms with Crippen LogP contribution in [0.3, 0.4) is 0 Å². The Morgan fingerprint density at radius 1 is 1.18 bits per heavy atom. The minimum absolute atomic E-state index is 0.0839. The van der Waals surface area contributed by atoms with Gasteiger partial charge >= 0.3 is 0 Å². The number of benzene rings is 1. The van der Waals surface area contributed by atoms with Crippen LogP contribution in [0.2, 0.25) is 0 Å². The van der Waals surface area contributed by atoms with Crippen LogP contribution in [-0.2, 0) is 20.7 Å². The van der Waals surface area contributed by atoms with Crippen LogP contribution in [-0.4, -0.2) is 72.1 Å². The summed E-state index contributed by atoms with van der Waals surface area (Å²) >= 11 is 1.49. The Bertz CT molecular complexity index is 1070. The predicted molar refractivity (Wildman–Crippen MR) is 125 cm³/mol. The number of amides is 1. The number of morpholine rings is 1. The number of nitrogens with zero attached hydrogens (tertiary/aromatic N) is 2. The molecule has 0 saturated carbocycles. The number of hydrogen-bond donors (Lipinski definition) is 1. The molecule has 0 aliphatic carbocycles. The molecule has 0 bridgehead atoms. The number of likely N-dealkylation sites (tertiary alicyclic amines) is 1. The highest BCUT2D eigenvalue weighted by molar-refractivity contribution is 7.10. The summed E-state index contributed by atoms with van der Waals surface area (Å²) in [5.74, 6) is -0.486. The summed E-state index contributed by atoms with van der Waals surface area (Å²) in [6, 6.07) is 8.70. The van der Waals surface area contributed by atoms with Crippen molar-refractivity contribution in [2.75, 3.05) is 39.4 Å². The Morgan fingerprint density at radius 3 is 2.76 bits per heavy atom. The molecule has 1 aromatic heterocycles. The molecule has 5 rings (SSSR count).